The molecule has 0 saturated heterocycles. The van der Waals surface area contributed by atoms with Gasteiger partial charge >= 0.3 is 0 Å². The second-order valence-corrected chi connectivity index (χ2v) is 6.47. The Balaban J connectivity index is 2.11. The summed E-state index contributed by atoms with van der Waals surface area (Å²) in [5.41, 5.74) is 1.94. The van der Waals surface area contributed by atoms with Crippen LogP contribution in [0.2, 0.25) is 0 Å². The molecule has 0 spiro atoms. The van der Waals surface area contributed by atoms with Gasteiger partial charge in [-0.15, -0.1) is 0 Å². The highest BCUT2D eigenvalue weighted by molar-refractivity contribution is 9.11. The number of hydrogen-bond donors (Lipinski definition) is 0. The maximum atomic E-state index is 12.4. The van der Waals surface area contributed by atoms with Crippen molar-refractivity contribution in [1.29, 1.82) is 0 Å². The molecule has 2 aromatic rings. The molecule has 0 aromatic heterocycles. The molecule has 1 amide bonds. The van der Waals surface area contributed by atoms with Crippen molar-refractivity contribution in [3.05, 3.63) is 63.0 Å². The molecule has 0 unspecified atom stereocenters. The zero-order chi connectivity index (χ0) is 15.4. The highest BCUT2D eigenvalue weighted by Gasteiger charge is 2.16. The van der Waals surface area contributed by atoms with E-state index in [4.69, 9.17) is 0 Å². The molecule has 0 aliphatic heterocycles. The number of carbonyl (C=O) groups is 1. The number of halogens is 2. The Morgan fingerprint density at radius 2 is 1.71 bits per heavy atom. The van der Waals surface area contributed by atoms with Crippen molar-refractivity contribution in [1.82, 2.24) is 5.01 Å². The number of benzene rings is 2. The van der Waals surface area contributed by atoms with Crippen LogP contribution in [-0.4, -0.2) is 25.0 Å². The van der Waals surface area contributed by atoms with Gasteiger partial charge in [-0.2, -0.15) is 0 Å². The lowest BCUT2D eigenvalue weighted by atomic mass is 10.1. The van der Waals surface area contributed by atoms with Crippen LogP contribution >= 0.6 is 31.9 Å². The van der Waals surface area contributed by atoms with Crippen molar-refractivity contribution >= 4 is 43.5 Å². The van der Waals surface area contributed by atoms with E-state index < -0.39 is 0 Å². The van der Waals surface area contributed by atoms with E-state index in [-0.39, 0.29) is 5.91 Å². The Morgan fingerprint density at radius 1 is 1.05 bits per heavy atom. The van der Waals surface area contributed by atoms with Gasteiger partial charge in [-0.3, -0.25) is 14.8 Å². The van der Waals surface area contributed by atoms with Crippen molar-refractivity contribution < 1.29 is 4.79 Å². The number of carbonyl (C=O) groups excluding carboxylic acids is 1. The third-order valence-electron chi connectivity index (χ3n) is 3.27. The first-order valence-electron chi connectivity index (χ1n) is 6.48. The first kappa shape index (κ1) is 16.0. The van der Waals surface area contributed by atoms with Crippen LogP contribution in [0.15, 0.2) is 57.5 Å². The number of hydrogen-bond acceptors (Lipinski definition) is 2. The molecule has 0 N–H and O–H groups in total. The lowest BCUT2D eigenvalue weighted by molar-refractivity contribution is -0.129. The van der Waals surface area contributed by atoms with Crippen LogP contribution in [-0.2, 0) is 11.2 Å². The van der Waals surface area contributed by atoms with Gasteiger partial charge in [0.2, 0.25) is 5.91 Å². The fourth-order valence-electron chi connectivity index (χ4n) is 1.96. The van der Waals surface area contributed by atoms with Crippen molar-refractivity contribution in [2.45, 2.75) is 6.42 Å². The van der Waals surface area contributed by atoms with E-state index in [1.165, 1.54) is 0 Å². The van der Waals surface area contributed by atoms with E-state index in [9.17, 15) is 4.79 Å². The molecule has 5 heteroatoms. The van der Waals surface area contributed by atoms with Gasteiger partial charge in [0.25, 0.3) is 0 Å². The molecule has 0 aliphatic carbocycles. The fourth-order valence-corrected chi connectivity index (χ4v) is 3.26. The minimum absolute atomic E-state index is 0.0403. The number of nitrogens with zero attached hydrogens (tertiary/aromatic N) is 2. The Bertz CT molecular complexity index is 631. The number of rotatable bonds is 4. The van der Waals surface area contributed by atoms with Crippen LogP contribution in [0.1, 0.15) is 5.56 Å². The van der Waals surface area contributed by atoms with Crippen molar-refractivity contribution in [3.63, 3.8) is 0 Å². The quantitative estimate of drug-likeness (QED) is 0.701. The molecule has 0 aliphatic rings. The highest BCUT2D eigenvalue weighted by atomic mass is 79.9. The maximum absolute atomic E-state index is 12.4. The molecule has 0 heterocycles. The monoisotopic (exact) mass is 410 g/mol. The highest BCUT2D eigenvalue weighted by Crippen LogP contribution is 2.29. The summed E-state index contributed by atoms with van der Waals surface area (Å²) in [7, 11) is 3.65. The molecule has 2 aromatic carbocycles. The molecule has 0 atom stereocenters. The molecule has 0 bridgehead atoms. The van der Waals surface area contributed by atoms with Crippen molar-refractivity contribution in [3.8, 4) is 0 Å². The third kappa shape index (κ3) is 4.08. The number of likely N-dealkylation sites (N-methyl/N-ethyl adjacent to an activating group) is 1. The zero-order valence-electron chi connectivity index (χ0n) is 11.9. The molecule has 0 radical (unpaired) electrons. The maximum Gasteiger partial charge on any atom is 0.245 e. The molecular formula is C16H16Br2N2O. The summed E-state index contributed by atoms with van der Waals surface area (Å²) in [5.74, 6) is 0.0403. The zero-order valence-corrected chi connectivity index (χ0v) is 15.1. The Kier molecular flexibility index (Phi) is 5.42. The van der Waals surface area contributed by atoms with Gasteiger partial charge in [0.15, 0.2) is 0 Å². The van der Waals surface area contributed by atoms with Crippen LogP contribution in [0.5, 0.6) is 0 Å². The van der Waals surface area contributed by atoms with Gasteiger partial charge in [-0.25, -0.2) is 0 Å². The Hall–Kier alpha value is -1.33. The first-order valence-corrected chi connectivity index (χ1v) is 8.07. The Morgan fingerprint density at radius 3 is 2.33 bits per heavy atom. The summed E-state index contributed by atoms with van der Waals surface area (Å²) in [6, 6.07) is 15.6. The summed E-state index contributed by atoms with van der Waals surface area (Å²) >= 11 is 6.95. The fraction of sp³-hybridized carbons (Fsp3) is 0.188. The van der Waals surface area contributed by atoms with E-state index in [2.05, 4.69) is 31.9 Å². The molecule has 21 heavy (non-hydrogen) atoms. The van der Waals surface area contributed by atoms with Crippen LogP contribution in [0.3, 0.4) is 0 Å². The molecular weight excluding hydrogens is 396 g/mol. The second-order valence-electron chi connectivity index (χ2n) is 4.70. The summed E-state index contributed by atoms with van der Waals surface area (Å²) in [6.07, 6.45) is 0.385. The van der Waals surface area contributed by atoms with Gasteiger partial charge in [-0.05, 0) is 39.7 Å². The van der Waals surface area contributed by atoms with E-state index in [0.717, 1.165) is 20.2 Å². The molecule has 0 fully saturated rings. The summed E-state index contributed by atoms with van der Waals surface area (Å²) in [6.45, 7) is 0. The van der Waals surface area contributed by atoms with Crippen molar-refractivity contribution in [2.24, 2.45) is 0 Å². The first-order chi connectivity index (χ1) is 9.99. The van der Waals surface area contributed by atoms with Gasteiger partial charge in [0.1, 0.15) is 0 Å². The van der Waals surface area contributed by atoms with E-state index in [0.29, 0.717) is 6.42 Å². The minimum Gasteiger partial charge on any atom is -0.285 e. The predicted octanol–water partition coefficient (Wildman–Crippen LogP) is 4.26. The van der Waals surface area contributed by atoms with Crippen molar-refractivity contribution in [2.75, 3.05) is 19.1 Å². The lowest BCUT2D eigenvalue weighted by Gasteiger charge is -2.31. The van der Waals surface area contributed by atoms with Crippen LogP contribution < -0.4 is 5.01 Å². The molecule has 0 saturated carbocycles. The normalized spacial score (nSPS) is 10.3. The van der Waals surface area contributed by atoms with E-state index >= 15 is 0 Å². The summed E-state index contributed by atoms with van der Waals surface area (Å²) in [5, 5.41) is 3.46. The Labute approximate surface area is 141 Å². The number of hydrazine groups is 1. The third-order valence-corrected chi connectivity index (χ3v) is 4.40. The van der Waals surface area contributed by atoms with Crippen LogP contribution in [0.4, 0.5) is 5.69 Å². The van der Waals surface area contributed by atoms with Gasteiger partial charge < -0.3 is 0 Å². The van der Waals surface area contributed by atoms with Crippen LogP contribution in [0, 0.1) is 0 Å². The number of amides is 1. The van der Waals surface area contributed by atoms with Gasteiger partial charge in [-0.1, -0.05) is 46.3 Å². The smallest absolute Gasteiger partial charge is 0.245 e. The number of anilines is 1. The minimum atomic E-state index is 0.0403. The molecule has 110 valence electrons. The topological polar surface area (TPSA) is 23.6 Å². The lowest BCUT2D eigenvalue weighted by Crippen LogP contribution is -2.42. The largest absolute Gasteiger partial charge is 0.285 e. The predicted molar refractivity (Wildman–Crippen MR) is 93.2 cm³/mol. The summed E-state index contributed by atoms with van der Waals surface area (Å²) in [4.78, 5) is 12.4. The molecule has 3 nitrogen and oxygen atoms in total. The average Bonchev–Trinajstić information content (AvgIpc) is 2.47. The standard InChI is InChI=1S/C16H16Br2N2O/c1-19(15-9-8-13(17)11-14(15)18)20(2)16(21)10-12-6-4-3-5-7-12/h3-9,11H,10H2,1-2H3. The summed E-state index contributed by atoms with van der Waals surface area (Å²) < 4.78 is 1.92. The second kappa shape index (κ2) is 7.09. The van der Waals surface area contributed by atoms with Gasteiger partial charge in [0.05, 0.1) is 12.1 Å². The SMILES string of the molecule is CN(C(=O)Cc1ccccc1)N(C)c1ccc(Br)cc1Br. The van der Waals surface area contributed by atoms with Crippen LogP contribution in [0.25, 0.3) is 0 Å². The van der Waals surface area contributed by atoms with Gasteiger partial charge in [0, 0.05) is 23.0 Å². The average molecular weight is 412 g/mol. The van der Waals surface area contributed by atoms with E-state index in [1.54, 1.807) is 12.1 Å². The van der Waals surface area contributed by atoms with E-state index in [1.807, 2.05) is 60.6 Å². The molecule has 2 rings (SSSR count).